The van der Waals surface area contributed by atoms with Crippen molar-refractivity contribution in [3.8, 4) is 0 Å². The van der Waals surface area contributed by atoms with Crippen molar-refractivity contribution in [3.05, 3.63) is 100 Å². The number of carbonyl (C=O) groups excluding carboxylic acids is 3. The van der Waals surface area contributed by atoms with Crippen LogP contribution in [0.4, 0.5) is 39.5 Å². The fourth-order valence-electron chi connectivity index (χ4n) is 4.06. The molecule has 0 aliphatic carbocycles. The predicted molar refractivity (Wildman–Crippen MR) is 142 cm³/mol. The van der Waals surface area contributed by atoms with Gasteiger partial charge in [-0.25, -0.2) is 0 Å². The molecule has 1 amide bonds. The Morgan fingerprint density at radius 1 is 0.711 bits per heavy atom. The summed E-state index contributed by atoms with van der Waals surface area (Å²) in [5.74, 6) is -5.77. The molecule has 45 heavy (non-hydrogen) atoms. The normalized spacial score (nSPS) is 12.8. The van der Waals surface area contributed by atoms with Gasteiger partial charge in [-0.15, -0.1) is 0 Å². The second-order valence-electron chi connectivity index (χ2n) is 9.43. The molecule has 1 atom stereocenters. The largest absolute Gasteiger partial charge is 0.481 e. The summed E-state index contributed by atoms with van der Waals surface area (Å²) in [7, 11) is 0. The highest BCUT2D eigenvalue weighted by molar-refractivity contribution is 8.00. The second-order valence-corrected chi connectivity index (χ2v) is 10.6. The summed E-state index contributed by atoms with van der Waals surface area (Å²) in [5.41, 5.74) is -9.48. The van der Waals surface area contributed by atoms with Crippen molar-refractivity contribution >= 4 is 35.2 Å². The van der Waals surface area contributed by atoms with E-state index in [0.29, 0.717) is 0 Å². The van der Waals surface area contributed by atoms with Crippen molar-refractivity contribution in [3.63, 3.8) is 0 Å². The number of aliphatic carboxylic acids is 1. The number of rotatable bonds is 11. The van der Waals surface area contributed by atoms with Gasteiger partial charge in [0.15, 0.2) is 11.6 Å². The van der Waals surface area contributed by atoms with E-state index >= 15 is 0 Å². The highest BCUT2D eigenvalue weighted by Gasteiger charge is 2.38. The van der Waals surface area contributed by atoms with Gasteiger partial charge >= 0.3 is 23.8 Å². The Kier molecular flexibility index (Phi) is 10.7. The Labute approximate surface area is 252 Å². The summed E-state index contributed by atoms with van der Waals surface area (Å²) < 4.78 is 119. The van der Waals surface area contributed by atoms with Gasteiger partial charge in [0.05, 0.1) is 23.5 Å². The van der Waals surface area contributed by atoms with Gasteiger partial charge in [0, 0.05) is 34.6 Å². The Balaban J connectivity index is 2.02. The molecule has 1 unspecified atom stereocenters. The van der Waals surface area contributed by atoms with Crippen LogP contribution in [0.5, 0.6) is 0 Å². The van der Waals surface area contributed by atoms with Crippen molar-refractivity contribution < 1.29 is 63.8 Å². The number of benzene rings is 3. The first kappa shape index (κ1) is 35.1. The molecule has 0 radical (unpaired) electrons. The van der Waals surface area contributed by atoms with E-state index in [0.717, 1.165) is 48.5 Å². The highest BCUT2D eigenvalue weighted by Crippen LogP contribution is 2.39. The number of alkyl halides is 9. The molecule has 0 bridgehead atoms. The summed E-state index contributed by atoms with van der Waals surface area (Å²) in [4.78, 5) is 49.3. The molecule has 0 saturated heterocycles. The first-order chi connectivity index (χ1) is 20.7. The zero-order valence-electron chi connectivity index (χ0n) is 22.4. The van der Waals surface area contributed by atoms with Gasteiger partial charge in [-0.05, 0) is 59.8 Å². The monoisotopic (exact) mass is 665 g/mol. The Bertz CT molecular complexity index is 1530. The summed E-state index contributed by atoms with van der Waals surface area (Å²) >= 11 is -0.460. The van der Waals surface area contributed by atoms with Crippen LogP contribution in [0.25, 0.3) is 0 Å². The lowest BCUT2D eigenvalue weighted by molar-refractivity contribution is -0.143. The maximum absolute atomic E-state index is 13.6. The van der Waals surface area contributed by atoms with E-state index in [1.807, 2.05) is 0 Å². The molecule has 2 N–H and O–H groups in total. The van der Waals surface area contributed by atoms with E-state index in [-0.39, 0.29) is 46.3 Å². The minimum absolute atomic E-state index is 0.0437. The topological polar surface area (TPSA) is 101 Å². The van der Waals surface area contributed by atoms with Crippen LogP contribution in [0.15, 0.2) is 71.6 Å². The molecule has 3 aromatic rings. The molecular formula is C29H20F9NO5S. The van der Waals surface area contributed by atoms with Crippen LogP contribution in [-0.2, 0) is 17.1 Å². The SMILES string of the molecule is O=C(O)CCNC(=O)c1ccc(C(CC(=O)c2ccc(SC(F)(F)F)cc2)C(=O)c2cc(C(F)(F)F)cc(C(F)(F)F)c2)cc1. The molecule has 6 nitrogen and oxygen atoms in total. The fourth-order valence-corrected chi connectivity index (χ4v) is 4.60. The predicted octanol–water partition coefficient (Wildman–Crippen LogP) is 7.78. The molecule has 0 spiro atoms. The molecule has 240 valence electrons. The van der Waals surface area contributed by atoms with Crippen molar-refractivity contribution in [2.45, 2.75) is 41.5 Å². The third-order valence-electron chi connectivity index (χ3n) is 6.19. The lowest BCUT2D eigenvalue weighted by Crippen LogP contribution is -2.26. The van der Waals surface area contributed by atoms with Crippen LogP contribution in [0, 0.1) is 0 Å². The third kappa shape index (κ3) is 10.1. The van der Waals surface area contributed by atoms with Crippen LogP contribution in [0.1, 0.15) is 66.5 Å². The van der Waals surface area contributed by atoms with Gasteiger partial charge in [0.25, 0.3) is 5.91 Å². The van der Waals surface area contributed by atoms with Crippen LogP contribution >= 0.6 is 11.8 Å². The maximum Gasteiger partial charge on any atom is 0.446 e. The van der Waals surface area contributed by atoms with Gasteiger partial charge in [0.2, 0.25) is 0 Å². The fraction of sp³-hybridized carbons (Fsp3) is 0.241. The van der Waals surface area contributed by atoms with E-state index in [4.69, 9.17) is 5.11 Å². The number of Topliss-reactive ketones (excluding diaryl/α,β-unsaturated/α-hetero) is 2. The third-order valence-corrected chi connectivity index (χ3v) is 6.93. The number of hydrogen-bond acceptors (Lipinski definition) is 5. The summed E-state index contributed by atoms with van der Waals surface area (Å²) in [5, 5.41) is 11.0. The quantitative estimate of drug-likeness (QED) is 0.123. The molecule has 0 aromatic heterocycles. The molecular weight excluding hydrogens is 645 g/mol. The lowest BCUT2D eigenvalue weighted by atomic mass is 9.84. The number of carboxylic acid groups (broad SMARTS) is 1. The smallest absolute Gasteiger partial charge is 0.446 e. The van der Waals surface area contributed by atoms with Crippen LogP contribution in [0.3, 0.4) is 0 Å². The maximum atomic E-state index is 13.6. The average Bonchev–Trinajstić information content (AvgIpc) is 2.93. The van der Waals surface area contributed by atoms with Crippen molar-refractivity contribution in [1.29, 1.82) is 0 Å². The number of ketones is 2. The molecule has 16 heteroatoms. The van der Waals surface area contributed by atoms with E-state index in [1.165, 1.54) is 0 Å². The second kappa shape index (κ2) is 13.7. The molecule has 0 saturated carbocycles. The van der Waals surface area contributed by atoms with Gasteiger partial charge in [-0.1, -0.05) is 24.3 Å². The number of carboxylic acids is 1. The van der Waals surface area contributed by atoms with E-state index in [1.54, 1.807) is 0 Å². The Morgan fingerprint density at radius 2 is 1.22 bits per heavy atom. The molecule has 0 heterocycles. The van der Waals surface area contributed by atoms with E-state index in [2.05, 4.69) is 5.32 Å². The number of nitrogens with one attached hydrogen (secondary N) is 1. The average molecular weight is 666 g/mol. The van der Waals surface area contributed by atoms with Crippen molar-refractivity contribution in [1.82, 2.24) is 5.32 Å². The number of amides is 1. The molecule has 0 aliphatic heterocycles. The summed E-state index contributed by atoms with van der Waals surface area (Å²) in [6.07, 6.45) is -11.7. The zero-order chi connectivity index (χ0) is 33.7. The van der Waals surface area contributed by atoms with Gasteiger partial charge in [-0.3, -0.25) is 19.2 Å². The standard InChI is InChI=1S/C29H20F9NO5S/c30-27(31,32)19-11-18(12-20(13-19)28(33,34)35)25(43)22(14-23(40)16-5-7-21(8-6-16)45-29(36,37)38)15-1-3-17(4-2-15)26(44)39-10-9-24(41)42/h1-8,11-13,22H,9-10,14H2,(H,39,44)(H,41,42). The minimum atomic E-state index is -5.27. The van der Waals surface area contributed by atoms with Crippen molar-refractivity contribution in [2.75, 3.05) is 6.54 Å². The number of carbonyl (C=O) groups is 4. The Hall–Kier alpha value is -4.34. The van der Waals surface area contributed by atoms with Crippen molar-refractivity contribution in [2.24, 2.45) is 0 Å². The molecule has 0 fully saturated rings. The van der Waals surface area contributed by atoms with Gasteiger partial charge < -0.3 is 10.4 Å². The van der Waals surface area contributed by atoms with Crippen LogP contribution in [0.2, 0.25) is 0 Å². The first-order valence-electron chi connectivity index (χ1n) is 12.6. The lowest BCUT2D eigenvalue weighted by Gasteiger charge is -2.19. The van der Waals surface area contributed by atoms with E-state index < -0.39 is 88.5 Å². The van der Waals surface area contributed by atoms with Gasteiger partial charge in [0.1, 0.15) is 0 Å². The Morgan fingerprint density at radius 3 is 1.69 bits per heavy atom. The van der Waals surface area contributed by atoms with Crippen LogP contribution < -0.4 is 5.32 Å². The van der Waals surface area contributed by atoms with Gasteiger partial charge in [-0.2, -0.15) is 39.5 Å². The van der Waals surface area contributed by atoms with E-state index in [9.17, 15) is 58.7 Å². The molecule has 3 aromatic carbocycles. The summed E-state index contributed by atoms with van der Waals surface area (Å²) in [6.45, 7) is -0.233. The zero-order valence-corrected chi connectivity index (χ0v) is 23.3. The molecule has 3 rings (SSSR count). The number of thioether (sulfide) groups is 1. The number of hydrogen-bond donors (Lipinski definition) is 2. The minimum Gasteiger partial charge on any atom is -0.481 e. The summed E-state index contributed by atoms with van der Waals surface area (Å²) in [6, 6.07) is 8.82. The number of halogens is 9. The molecule has 0 aliphatic rings. The highest BCUT2D eigenvalue weighted by atomic mass is 32.2. The van der Waals surface area contributed by atoms with Crippen LogP contribution in [-0.4, -0.2) is 40.6 Å². The first-order valence-corrected chi connectivity index (χ1v) is 13.4.